The van der Waals surface area contributed by atoms with E-state index >= 15 is 0 Å². The van der Waals surface area contributed by atoms with Crippen molar-refractivity contribution in [1.82, 2.24) is 9.78 Å². The molecule has 0 amide bonds. The Balaban J connectivity index is 2.39. The standard InChI is InChI=1S/C13H15N3O/c1-9(14)10-3-5-11(6-4-10)12-7-8-13(17)16(2)15-12/h3-9H,14H2,1-2H3. The van der Waals surface area contributed by atoms with E-state index in [1.165, 1.54) is 10.7 Å². The normalized spacial score (nSPS) is 12.4. The molecule has 1 aromatic heterocycles. The first-order chi connectivity index (χ1) is 8.08. The largest absolute Gasteiger partial charge is 0.324 e. The molecule has 0 spiro atoms. The van der Waals surface area contributed by atoms with E-state index in [1.807, 2.05) is 31.2 Å². The second-order valence-corrected chi connectivity index (χ2v) is 4.09. The van der Waals surface area contributed by atoms with Gasteiger partial charge in [0.25, 0.3) is 5.56 Å². The van der Waals surface area contributed by atoms with Crippen LogP contribution in [-0.4, -0.2) is 9.78 Å². The SMILES string of the molecule is CC(N)c1ccc(-c2ccc(=O)n(C)n2)cc1. The van der Waals surface area contributed by atoms with Gasteiger partial charge in [0.15, 0.2) is 0 Å². The van der Waals surface area contributed by atoms with Crippen LogP contribution in [0.25, 0.3) is 11.3 Å². The lowest BCUT2D eigenvalue weighted by atomic mass is 10.1. The molecule has 0 aliphatic heterocycles. The summed E-state index contributed by atoms with van der Waals surface area (Å²) in [5.74, 6) is 0. The van der Waals surface area contributed by atoms with Crippen molar-refractivity contribution in [3.05, 3.63) is 52.3 Å². The molecule has 2 aromatic rings. The molecule has 0 saturated heterocycles. The van der Waals surface area contributed by atoms with E-state index in [4.69, 9.17) is 5.73 Å². The fourth-order valence-electron chi connectivity index (χ4n) is 1.61. The summed E-state index contributed by atoms with van der Waals surface area (Å²) in [5.41, 5.74) is 8.51. The molecule has 0 radical (unpaired) electrons. The van der Waals surface area contributed by atoms with Crippen molar-refractivity contribution in [2.75, 3.05) is 0 Å². The summed E-state index contributed by atoms with van der Waals surface area (Å²) in [6.45, 7) is 1.94. The average Bonchev–Trinajstić information content (AvgIpc) is 2.33. The van der Waals surface area contributed by atoms with Gasteiger partial charge in [0.05, 0.1) is 5.69 Å². The Morgan fingerprint density at radius 2 is 1.82 bits per heavy atom. The second-order valence-electron chi connectivity index (χ2n) is 4.09. The summed E-state index contributed by atoms with van der Waals surface area (Å²) in [4.78, 5) is 11.2. The molecule has 1 unspecified atom stereocenters. The lowest BCUT2D eigenvalue weighted by molar-refractivity contribution is 0.712. The van der Waals surface area contributed by atoms with E-state index in [9.17, 15) is 4.79 Å². The van der Waals surface area contributed by atoms with Crippen LogP contribution in [0.1, 0.15) is 18.5 Å². The number of benzene rings is 1. The lowest BCUT2D eigenvalue weighted by Crippen LogP contribution is -2.18. The van der Waals surface area contributed by atoms with E-state index in [0.717, 1.165) is 16.8 Å². The van der Waals surface area contributed by atoms with Gasteiger partial charge in [-0.1, -0.05) is 24.3 Å². The van der Waals surface area contributed by atoms with Crippen molar-refractivity contribution in [1.29, 1.82) is 0 Å². The minimum Gasteiger partial charge on any atom is -0.324 e. The number of hydrogen-bond donors (Lipinski definition) is 1. The van der Waals surface area contributed by atoms with Crippen molar-refractivity contribution in [2.45, 2.75) is 13.0 Å². The second kappa shape index (κ2) is 4.51. The third-order valence-electron chi connectivity index (χ3n) is 2.69. The van der Waals surface area contributed by atoms with Crippen LogP contribution in [0, 0.1) is 0 Å². The minimum absolute atomic E-state index is 0.0251. The van der Waals surface area contributed by atoms with Crippen molar-refractivity contribution in [3.63, 3.8) is 0 Å². The predicted molar refractivity (Wildman–Crippen MR) is 67.5 cm³/mol. The number of aryl methyl sites for hydroxylation is 1. The Morgan fingerprint density at radius 3 is 2.35 bits per heavy atom. The van der Waals surface area contributed by atoms with Crippen molar-refractivity contribution in [3.8, 4) is 11.3 Å². The number of hydrogen-bond acceptors (Lipinski definition) is 3. The highest BCUT2D eigenvalue weighted by Gasteiger charge is 2.03. The van der Waals surface area contributed by atoms with Gasteiger partial charge in [0.2, 0.25) is 0 Å². The molecule has 1 heterocycles. The summed E-state index contributed by atoms with van der Waals surface area (Å²) in [7, 11) is 1.64. The van der Waals surface area contributed by atoms with Gasteiger partial charge >= 0.3 is 0 Å². The molecule has 4 heteroatoms. The van der Waals surface area contributed by atoms with Gasteiger partial charge in [-0.15, -0.1) is 0 Å². The topological polar surface area (TPSA) is 60.9 Å². The Labute approximate surface area is 99.7 Å². The van der Waals surface area contributed by atoms with Gasteiger partial charge in [-0.2, -0.15) is 5.10 Å². The van der Waals surface area contributed by atoms with Crippen LogP contribution < -0.4 is 11.3 Å². The number of nitrogens with zero attached hydrogens (tertiary/aromatic N) is 2. The highest BCUT2D eigenvalue weighted by atomic mass is 16.1. The molecule has 4 nitrogen and oxygen atoms in total. The van der Waals surface area contributed by atoms with Crippen LogP contribution in [0.2, 0.25) is 0 Å². The summed E-state index contributed by atoms with van der Waals surface area (Å²) in [5, 5.41) is 4.19. The van der Waals surface area contributed by atoms with Crippen molar-refractivity contribution < 1.29 is 0 Å². The first kappa shape index (κ1) is 11.5. The molecule has 0 fully saturated rings. The Kier molecular flexibility index (Phi) is 3.06. The van der Waals surface area contributed by atoms with Gasteiger partial charge in [-0.25, -0.2) is 4.68 Å². The molecular weight excluding hydrogens is 214 g/mol. The Hall–Kier alpha value is -1.94. The molecule has 2 N–H and O–H groups in total. The molecular formula is C13H15N3O. The van der Waals surface area contributed by atoms with Crippen LogP contribution in [0.15, 0.2) is 41.2 Å². The number of rotatable bonds is 2. The van der Waals surface area contributed by atoms with Crippen molar-refractivity contribution in [2.24, 2.45) is 12.8 Å². The smallest absolute Gasteiger partial charge is 0.266 e. The highest BCUT2D eigenvalue weighted by molar-refractivity contribution is 5.58. The van der Waals surface area contributed by atoms with Gasteiger partial charge in [-0.05, 0) is 18.6 Å². The maximum absolute atomic E-state index is 11.2. The van der Waals surface area contributed by atoms with Gasteiger partial charge in [0.1, 0.15) is 0 Å². The summed E-state index contributed by atoms with van der Waals surface area (Å²) in [6.07, 6.45) is 0. The quantitative estimate of drug-likeness (QED) is 0.848. The third-order valence-corrected chi connectivity index (χ3v) is 2.69. The van der Waals surface area contributed by atoms with E-state index in [1.54, 1.807) is 13.1 Å². The Bertz CT molecular complexity index is 570. The fraction of sp³-hybridized carbons (Fsp3) is 0.231. The van der Waals surface area contributed by atoms with E-state index < -0.39 is 0 Å². The highest BCUT2D eigenvalue weighted by Crippen LogP contribution is 2.18. The zero-order chi connectivity index (χ0) is 12.4. The minimum atomic E-state index is -0.110. The summed E-state index contributed by atoms with van der Waals surface area (Å²) in [6, 6.07) is 11.2. The van der Waals surface area contributed by atoms with Crippen LogP contribution >= 0.6 is 0 Å². The van der Waals surface area contributed by atoms with Crippen LogP contribution in [0.3, 0.4) is 0 Å². The van der Waals surface area contributed by atoms with E-state index in [0.29, 0.717) is 0 Å². The lowest BCUT2D eigenvalue weighted by Gasteiger charge is -2.07. The monoisotopic (exact) mass is 229 g/mol. The zero-order valence-corrected chi connectivity index (χ0v) is 9.92. The molecule has 88 valence electrons. The van der Waals surface area contributed by atoms with E-state index in [-0.39, 0.29) is 11.6 Å². The van der Waals surface area contributed by atoms with Crippen LogP contribution in [-0.2, 0) is 7.05 Å². The maximum atomic E-state index is 11.2. The maximum Gasteiger partial charge on any atom is 0.266 e. The summed E-state index contributed by atoms with van der Waals surface area (Å²) >= 11 is 0. The van der Waals surface area contributed by atoms with E-state index in [2.05, 4.69) is 5.10 Å². The fourth-order valence-corrected chi connectivity index (χ4v) is 1.61. The molecule has 0 aliphatic carbocycles. The third kappa shape index (κ3) is 2.42. The average molecular weight is 229 g/mol. The molecule has 0 aliphatic rings. The molecule has 2 rings (SSSR count). The molecule has 1 aromatic carbocycles. The van der Waals surface area contributed by atoms with Crippen LogP contribution in [0.4, 0.5) is 0 Å². The van der Waals surface area contributed by atoms with Crippen LogP contribution in [0.5, 0.6) is 0 Å². The number of aromatic nitrogens is 2. The predicted octanol–water partition coefficient (Wildman–Crippen LogP) is 1.47. The first-order valence-corrected chi connectivity index (χ1v) is 5.48. The molecule has 17 heavy (non-hydrogen) atoms. The van der Waals surface area contributed by atoms with Gasteiger partial charge in [0, 0.05) is 24.7 Å². The van der Waals surface area contributed by atoms with Gasteiger partial charge in [-0.3, -0.25) is 4.79 Å². The molecule has 0 bridgehead atoms. The molecule has 1 atom stereocenters. The zero-order valence-electron chi connectivity index (χ0n) is 9.92. The molecule has 0 saturated carbocycles. The first-order valence-electron chi connectivity index (χ1n) is 5.48. The van der Waals surface area contributed by atoms with Gasteiger partial charge < -0.3 is 5.73 Å². The summed E-state index contributed by atoms with van der Waals surface area (Å²) < 4.78 is 1.33. The van der Waals surface area contributed by atoms with Crippen molar-refractivity contribution >= 4 is 0 Å². The Morgan fingerprint density at radius 1 is 1.18 bits per heavy atom. The number of nitrogens with two attached hydrogens (primary N) is 1.